The van der Waals surface area contributed by atoms with Crippen LogP contribution >= 0.6 is 0 Å². The minimum Gasteiger partial charge on any atom is -0.497 e. The highest BCUT2D eigenvalue weighted by molar-refractivity contribution is 5.93. The van der Waals surface area contributed by atoms with Crippen LogP contribution in [0.3, 0.4) is 0 Å². The lowest BCUT2D eigenvalue weighted by Crippen LogP contribution is -2.50. The van der Waals surface area contributed by atoms with E-state index in [2.05, 4.69) is 10.2 Å². The number of nitrogens with zero attached hydrogens (tertiary/aromatic N) is 4. The average molecular weight is 586 g/mol. The van der Waals surface area contributed by atoms with Gasteiger partial charge in [-0.2, -0.15) is 4.98 Å². The van der Waals surface area contributed by atoms with Gasteiger partial charge in [-0.1, -0.05) is 42.5 Å². The Morgan fingerprint density at radius 1 is 0.860 bits per heavy atom. The van der Waals surface area contributed by atoms with Crippen LogP contribution < -0.4 is 24.4 Å². The van der Waals surface area contributed by atoms with Crippen molar-refractivity contribution in [3.05, 3.63) is 77.9 Å². The Bertz CT molecular complexity index is 1530. The number of aromatic nitrogens is 2. The average Bonchev–Trinajstić information content (AvgIpc) is 3.02. The first-order valence-electron chi connectivity index (χ1n) is 14.4. The van der Waals surface area contributed by atoms with E-state index in [0.717, 1.165) is 33.6 Å². The zero-order valence-corrected chi connectivity index (χ0v) is 25.4. The monoisotopic (exact) mass is 585 g/mol. The molecule has 2 heterocycles. The summed E-state index contributed by atoms with van der Waals surface area (Å²) in [4.78, 5) is 26.4. The molecule has 1 aliphatic heterocycles. The van der Waals surface area contributed by atoms with Crippen LogP contribution in [0.4, 0.5) is 16.6 Å². The van der Waals surface area contributed by atoms with Gasteiger partial charge in [-0.05, 0) is 50.1 Å². The van der Waals surface area contributed by atoms with Gasteiger partial charge in [0.25, 0.3) is 0 Å². The van der Waals surface area contributed by atoms with Crippen LogP contribution in [0.15, 0.2) is 66.7 Å². The maximum atomic E-state index is 12.7. The maximum Gasteiger partial charge on any atom is 0.410 e. The van der Waals surface area contributed by atoms with Gasteiger partial charge < -0.3 is 34.1 Å². The Morgan fingerprint density at radius 3 is 2.23 bits per heavy atom. The molecule has 226 valence electrons. The van der Waals surface area contributed by atoms with E-state index >= 15 is 0 Å². The molecular weight excluding hydrogens is 546 g/mol. The van der Waals surface area contributed by atoms with Crippen LogP contribution in [-0.2, 0) is 17.9 Å². The number of carbonyl (C=O) groups excluding carboxylic acids is 1. The van der Waals surface area contributed by atoms with Crippen LogP contribution in [-0.4, -0.2) is 67.0 Å². The second-order valence-corrected chi connectivity index (χ2v) is 11.3. The van der Waals surface area contributed by atoms with Crippen LogP contribution in [0.5, 0.6) is 17.2 Å². The number of rotatable bonds is 9. The van der Waals surface area contributed by atoms with E-state index in [0.29, 0.717) is 56.8 Å². The van der Waals surface area contributed by atoms with Crippen LogP contribution in [0, 0.1) is 0 Å². The van der Waals surface area contributed by atoms with Crippen LogP contribution in [0.2, 0.25) is 0 Å². The molecule has 5 rings (SSSR count). The van der Waals surface area contributed by atoms with Gasteiger partial charge >= 0.3 is 6.09 Å². The van der Waals surface area contributed by atoms with Gasteiger partial charge in [0.1, 0.15) is 23.8 Å². The second-order valence-electron chi connectivity index (χ2n) is 11.3. The molecule has 0 saturated carbocycles. The Morgan fingerprint density at radius 2 is 1.58 bits per heavy atom. The number of hydrogen-bond donors (Lipinski definition) is 1. The van der Waals surface area contributed by atoms with Crippen molar-refractivity contribution in [1.29, 1.82) is 0 Å². The highest BCUT2D eigenvalue weighted by Gasteiger charge is 2.28. The lowest BCUT2D eigenvalue weighted by molar-refractivity contribution is 0.0240. The lowest BCUT2D eigenvalue weighted by Gasteiger charge is -2.36. The Balaban J connectivity index is 1.43. The van der Waals surface area contributed by atoms with Crippen molar-refractivity contribution in [3.8, 4) is 17.2 Å². The van der Waals surface area contributed by atoms with Gasteiger partial charge in [0, 0.05) is 44.2 Å². The fourth-order valence-corrected chi connectivity index (χ4v) is 4.80. The summed E-state index contributed by atoms with van der Waals surface area (Å²) in [6.45, 7) is 8.79. The predicted molar refractivity (Wildman–Crippen MR) is 167 cm³/mol. The highest BCUT2D eigenvalue weighted by Crippen LogP contribution is 2.37. The van der Waals surface area contributed by atoms with Crippen molar-refractivity contribution in [3.63, 3.8) is 0 Å². The molecule has 1 saturated heterocycles. The summed E-state index contributed by atoms with van der Waals surface area (Å²) in [6.07, 6.45) is -0.302. The molecule has 1 aliphatic rings. The number of ether oxygens (including phenoxy) is 4. The third kappa shape index (κ3) is 7.57. The van der Waals surface area contributed by atoms with Gasteiger partial charge in [0.2, 0.25) is 5.95 Å². The zero-order chi connectivity index (χ0) is 30.4. The summed E-state index contributed by atoms with van der Waals surface area (Å²) in [5, 5.41) is 4.22. The van der Waals surface area contributed by atoms with E-state index in [1.807, 2.05) is 87.5 Å². The number of carbonyl (C=O) groups is 1. The third-order valence-electron chi connectivity index (χ3n) is 7.04. The van der Waals surface area contributed by atoms with Gasteiger partial charge in [0.15, 0.2) is 11.5 Å². The number of piperazine rings is 1. The molecule has 1 fully saturated rings. The lowest BCUT2D eigenvalue weighted by atomic mass is 10.1. The molecule has 3 aromatic carbocycles. The Kier molecular flexibility index (Phi) is 9.04. The van der Waals surface area contributed by atoms with Gasteiger partial charge in [-0.25, -0.2) is 9.78 Å². The first-order valence-corrected chi connectivity index (χ1v) is 14.4. The normalized spacial score (nSPS) is 13.5. The minimum atomic E-state index is -0.543. The number of anilines is 2. The largest absolute Gasteiger partial charge is 0.497 e. The quantitative estimate of drug-likeness (QED) is 0.258. The molecule has 10 nitrogen and oxygen atoms in total. The first kappa shape index (κ1) is 29.8. The second kappa shape index (κ2) is 13.1. The topological polar surface area (TPSA) is 98.3 Å². The van der Waals surface area contributed by atoms with Crippen molar-refractivity contribution in [1.82, 2.24) is 14.9 Å². The van der Waals surface area contributed by atoms with Gasteiger partial charge in [0.05, 0.1) is 19.7 Å². The van der Waals surface area contributed by atoms with Gasteiger partial charge in [-0.3, -0.25) is 0 Å². The number of benzene rings is 3. The molecule has 1 N–H and O–H groups in total. The van der Waals surface area contributed by atoms with Crippen molar-refractivity contribution < 1.29 is 23.7 Å². The summed E-state index contributed by atoms with van der Waals surface area (Å²) in [6, 6.07) is 21.7. The molecule has 0 radical (unpaired) electrons. The van der Waals surface area contributed by atoms with Crippen LogP contribution in [0.1, 0.15) is 31.9 Å². The number of methoxy groups -OCH3 is 2. The van der Waals surface area contributed by atoms with E-state index in [9.17, 15) is 4.79 Å². The molecule has 0 bridgehead atoms. The van der Waals surface area contributed by atoms with Crippen LogP contribution in [0.25, 0.3) is 10.9 Å². The van der Waals surface area contributed by atoms with Crippen molar-refractivity contribution in [2.75, 3.05) is 50.6 Å². The van der Waals surface area contributed by atoms with Crippen molar-refractivity contribution >= 4 is 28.8 Å². The molecule has 0 unspecified atom stereocenters. The maximum absolute atomic E-state index is 12.7. The molecule has 4 aromatic rings. The van der Waals surface area contributed by atoms with E-state index < -0.39 is 5.60 Å². The summed E-state index contributed by atoms with van der Waals surface area (Å²) < 4.78 is 22.8. The minimum absolute atomic E-state index is 0.302. The molecule has 1 aromatic heterocycles. The van der Waals surface area contributed by atoms with Gasteiger partial charge in [-0.15, -0.1) is 0 Å². The standard InChI is InChI=1S/C33H39N5O5/c1-33(2,3)43-32(39)38-17-15-37(16-18-38)30-26-19-28(41-5)29(42-22-24-9-7-6-8-10-24)20-27(26)35-31(36-30)34-21-23-11-13-25(40-4)14-12-23/h6-14,19-20H,15-18,21-22H2,1-5H3,(H,34,35,36). The fourth-order valence-electron chi connectivity index (χ4n) is 4.80. The number of nitrogens with one attached hydrogen (secondary N) is 1. The van der Waals surface area contributed by atoms with Crippen molar-refractivity contribution in [2.45, 2.75) is 39.5 Å². The fraction of sp³-hybridized carbons (Fsp3) is 0.364. The smallest absolute Gasteiger partial charge is 0.410 e. The number of hydrogen-bond acceptors (Lipinski definition) is 9. The third-order valence-corrected chi connectivity index (χ3v) is 7.04. The van der Waals surface area contributed by atoms with E-state index in [4.69, 9.17) is 28.9 Å². The molecule has 0 aliphatic carbocycles. The summed E-state index contributed by atoms with van der Waals surface area (Å²) in [5.74, 6) is 3.25. The highest BCUT2D eigenvalue weighted by atomic mass is 16.6. The molecular formula is C33H39N5O5. The van der Waals surface area contributed by atoms with Crippen molar-refractivity contribution in [2.24, 2.45) is 0 Å². The van der Waals surface area contributed by atoms with E-state index in [1.54, 1.807) is 19.1 Å². The molecule has 0 spiro atoms. The summed E-state index contributed by atoms with van der Waals surface area (Å²) in [7, 11) is 3.28. The predicted octanol–water partition coefficient (Wildman–Crippen LogP) is 5.90. The number of amides is 1. The molecule has 10 heteroatoms. The number of fused-ring (bicyclic) bond motifs is 1. The molecule has 43 heavy (non-hydrogen) atoms. The Labute approximate surface area is 252 Å². The first-order chi connectivity index (χ1) is 20.7. The summed E-state index contributed by atoms with van der Waals surface area (Å²) >= 11 is 0. The summed E-state index contributed by atoms with van der Waals surface area (Å²) in [5.41, 5.74) is 2.30. The Hall–Kier alpha value is -4.73. The van der Waals surface area contributed by atoms with E-state index in [1.165, 1.54) is 0 Å². The molecule has 0 atom stereocenters. The SMILES string of the molecule is COc1ccc(CNc2nc(N3CCN(C(=O)OC(C)(C)C)CC3)c3cc(OC)c(OCc4ccccc4)cc3n2)cc1. The van der Waals surface area contributed by atoms with E-state index in [-0.39, 0.29) is 6.09 Å². The molecule has 1 amide bonds. The zero-order valence-electron chi connectivity index (χ0n) is 25.4.